The SMILES string of the molecule is C1COCCOCCOCCNCCSCCSCCN1. The minimum atomic E-state index is 0.648. The molecule has 0 radical (unpaired) electrons. The van der Waals surface area contributed by atoms with Gasteiger partial charge in [-0.2, -0.15) is 23.5 Å². The zero-order valence-corrected chi connectivity index (χ0v) is 14.6. The minimum absolute atomic E-state index is 0.648. The first-order valence-corrected chi connectivity index (χ1v) is 10.1. The smallest absolute Gasteiger partial charge is 0.0701 e. The maximum Gasteiger partial charge on any atom is 0.0701 e. The van der Waals surface area contributed by atoms with Crippen LogP contribution in [0, 0.1) is 0 Å². The highest BCUT2D eigenvalue weighted by atomic mass is 32.2. The van der Waals surface area contributed by atoms with Gasteiger partial charge in [-0.15, -0.1) is 0 Å². The van der Waals surface area contributed by atoms with Gasteiger partial charge in [-0.3, -0.25) is 0 Å². The Morgan fingerprint density at radius 3 is 1.38 bits per heavy atom. The van der Waals surface area contributed by atoms with E-state index in [-0.39, 0.29) is 0 Å². The van der Waals surface area contributed by atoms with Crippen LogP contribution in [0.25, 0.3) is 0 Å². The highest BCUT2D eigenvalue weighted by molar-refractivity contribution is 8.02. The summed E-state index contributed by atoms with van der Waals surface area (Å²) in [6, 6.07) is 0. The van der Waals surface area contributed by atoms with Crippen LogP contribution >= 0.6 is 23.5 Å². The average Bonchev–Trinajstić information content (AvgIpc) is 2.50. The molecule has 1 saturated heterocycles. The van der Waals surface area contributed by atoms with Crippen LogP contribution in [-0.2, 0) is 14.2 Å². The van der Waals surface area contributed by atoms with Gasteiger partial charge >= 0.3 is 0 Å². The van der Waals surface area contributed by atoms with Crippen molar-refractivity contribution in [3.05, 3.63) is 0 Å². The molecule has 0 unspecified atom stereocenters. The summed E-state index contributed by atoms with van der Waals surface area (Å²) in [5.41, 5.74) is 0. The first-order valence-electron chi connectivity index (χ1n) is 7.80. The van der Waals surface area contributed by atoms with Gasteiger partial charge in [-0.1, -0.05) is 0 Å². The van der Waals surface area contributed by atoms with Crippen LogP contribution in [0.3, 0.4) is 0 Å². The second kappa shape index (κ2) is 16.9. The maximum absolute atomic E-state index is 5.48. The highest BCUT2D eigenvalue weighted by Crippen LogP contribution is 2.05. The molecule has 7 heteroatoms. The molecular weight excluding hydrogens is 308 g/mol. The molecule has 5 nitrogen and oxygen atoms in total. The normalized spacial score (nSPS) is 24.0. The van der Waals surface area contributed by atoms with Crippen LogP contribution in [-0.4, -0.2) is 88.8 Å². The maximum atomic E-state index is 5.48. The lowest BCUT2D eigenvalue weighted by Gasteiger charge is -2.07. The fraction of sp³-hybridized carbons (Fsp3) is 1.00. The molecule has 0 aromatic carbocycles. The van der Waals surface area contributed by atoms with E-state index in [0.717, 1.165) is 39.4 Å². The van der Waals surface area contributed by atoms with Crippen molar-refractivity contribution in [1.82, 2.24) is 10.6 Å². The second-order valence-electron chi connectivity index (χ2n) is 4.56. The lowest BCUT2D eigenvalue weighted by Crippen LogP contribution is -2.23. The lowest BCUT2D eigenvalue weighted by atomic mass is 10.6. The summed E-state index contributed by atoms with van der Waals surface area (Å²) >= 11 is 4.04. The van der Waals surface area contributed by atoms with Crippen LogP contribution in [0.2, 0.25) is 0 Å². The van der Waals surface area contributed by atoms with Crippen LogP contribution in [0.5, 0.6) is 0 Å². The lowest BCUT2D eigenvalue weighted by molar-refractivity contribution is 0.0158. The van der Waals surface area contributed by atoms with Crippen LogP contribution in [0.15, 0.2) is 0 Å². The van der Waals surface area contributed by atoms with E-state index in [0.29, 0.717) is 26.4 Å². The number of hydrogen-bond donors (Lipinski definition) is 2. The zero-order valence-electron chi connectivity index (χ0n) is 12.9. The van der Waals surface area contributed by atoms with Crippen molar-refractivity contribution in [3.63, 3.8) is 0 Å². The second-order valence-corrected chi connectivity index (χ2v) is 7.01. The van der Waals surface area contributed by atoms with Gasteiger partial charge in [-0.05, 0) is 0 Å². The number of thioether (sulfide) groups is 2. The third kappa shape index (κ3) is 15.2. The van der Waals surface area contributed by atoms with Crippen molar-refractivity contribution < 1.29 is 14.2 Å². The van der Waals surface area contributed by atoms with Gasteiger partial charge in [0.15, 0.2) is 0 Å². The quantitative estimate of drug-likeness (QED) is 0.674. The van der Waals surface area contributed by atoms with Crippen molar-refractivity contribution in [2.24, 2.45) is 0 Å². The van der Waals surface area contributed by atoms with Crippen molar-refractivity contribution in [1.29, 1.82) is 0 Å². The van der Waals surface area contributed by atoms with Crippen molar-refractivity contribution in [2.45, 2.75) is 0 Å². The van der Waals surface area contributed by atoms with Gasteiger partial charge in [0.2, 0.25) is 0 Å². The molecule has 0 amide bonds. The molecule has 0 bridgehead atoms. The number of rotatable bonds is 0. The number of ether oxygens (including phenoxy) is 3. The molecule has 1 aliphatic heterocycles. The van der Waals surface area contributed by atoms with E-state index >= 15 is 0 Å². The minimum Gasteiger partial charge on any atom is -0.378 e. The van der Waals surface area contributed by atoms with Gasteiger partial charge in [0, 0.05) is 49.2 Å². The van der Waals surface area contributed by atoms with Crippen molar-refractivity contribution in [2.75, 3.05) is 88.8 Å². The molecular formula is C14H30N2O3S2. The third-order valence-electron chi connectivity index (χ3n) is 2.81. The van der Waals surface area contributed by atoms with E-state index in [2.05, 4.69) is 10.6 Å². The summed E-state index contributed by atoms with van der Waals surface area (Å²) in [5.74, 6) is 4.84. The van der Waals surface area contributed by atoms with E-state index in [9.17, 15) is 0 Å². The number of hydrogen-bond acceptors (Lipinski definition) is 7. The van der Waals surface area contributed by atoms with Gasteiger partial charge in [-0.25, -0.2) is 0 Å². The molecule has 126 valence electrons. The van der Waals surface area contributed by atoms with Gasteiger partial charge in [0.1, 0.15) is 0 Å². The molecule has 1 fully saturated rings. The van der Waals surface area contributed by atoms with Gasteiger partial charge in [0.25, 0.3) is 0 Å². The molecule has 1 aliphatic rings. The zero-order chi connectivity index (χ0) is 14.8. The monoisotopic (exact) mass is 338 g/mol. The molecule has 0 aromatic rings. The summed E-state index contributed by atoms with van der Waals surface area (Å²) in [6.45, 7) is 8.10. The first-order chi connectivity index (χ1) is 10.5. The predicted molar refractivity (Wildman–Crippen MR) is 92.8 cm³/mol. The van der Waals surface area contributed by atoms with Crippen LogP contribution < -0.4 is 10.6 Å². The summed E-state index contributed by atoms with van der Waals surface area (Å²) in [5, 5.41) is 6.79. The molecule has 0 spiro atoms. The Hall–Kier alpha value is 0.500. The first kappa shape index (κ1) is 19.5. The van der Waals surface area contributed by atoms with E-state index in [4.69, 9.17) is 14.2 Å². The van der Waals surface area contributed by atoms with E-state index < -0.39 is 0 Å². The summed E-state index contributed by atoms with van der Waals surface area (Å²) in [4.78, 5) is 0. The summed E-state index contributed by atoms with van der Waals surface area (Å²) in [7, 11) is 0. The summed E-state index contributed by atoms with van der Waals surface area (Å²) < 4.78 is 16.4. The molecule has 0 atom stereocenters. The van der Waals surface area contributed by atoms with Crippen LogP contribution in [0.1, 0.15) is 0 Å². The van der Waals surface area contributed by atoms with Crippen LogP contribution in [0.4, 0.5) is 0 Å². The predicted octanol–water partition coefficient (Wildman–Crippen LogP) is 0.695. The molecule has 21 heavy (non-hydrogen) atoms. The standard InChI is InChI=1S/C14H30N2O3S2/c1-5-17-7-9-19-10-8-18-6-2-16-4-12-21-14-13-20-11-3-15-1/h15-16H,1-14H2. The molecule has 0 saturated carbocycles. The average molecular weight is 339 g/mol. The van der Waals surface area contributed by atoms with E-state index in [1.165, 1.54) is 23.0 Å². The molecule has 2 N–H and O–H groups in total. The third-order valence-corrected chi connectivity index (χ3v) is 5.04. The fourth-order valence-electron chi connectivity index (χ4n) is 1.69. The van der Waals surface area contributed by atoms with E-state index in [1.54, 1.807) is 0 Å². The topological polar surface area (TPSA) is 51.8 Å². The van der Waals surface area contributed by atoms with Gasteiger partial charge in [0.05, 0.1) is 39.6 Å². The Morgan fingerprint density at radius 1 is 0.476 bits per heavy atom. The largest absolute Gasteiger partial charge is 0.378 e. The molecule has 0 aliphatic carbocycles. The van der Waals surface area contributed by atoms with Crippen molar-refractivity contribution in [3.8, 4) is 0 Å². The van der Waals surface area contributed by atoms with Crippen molar-refractivity contribution >= 4 is 23.5 Å². The molecule has 1 rings (SSSR count). The Bertz CT molecular complexity index is 122. The van der Waals surface area contributed by atoms with Gasteiger partial charge < -0.3 is 24.8 Å². The Balaban J connectivity index is 2.00. The van der Waals surface area contributed by atoms with E-state index in [1.807, 2.05) is 23.5 Å². The summed E-state index contributed by atoms with van der Waals surface area (Å²) in [6.07, 6.45) is 0. The molecule has 0 aromatic heterocycles. The Morgan fingerprint density at radius 2 is 0.905 bits per heavy atom. The number of nitrogens with one attached hydrogen (secondary N) is 2. The molecule has 1 heterocycles. The highest BCUT2D eigenvalue weighted by Gasteiger charge is 1.95. The Labute approximate surface area is 137 Å². The fourth-order valence-corrected chi connectivity index (χ4v) is 3.62. The Kier molecular flexibility index (Phi) is 15.7.